The highest BCUT2D eigenvalue weighted by atomic mass is 35.5. The number of rotatable bonds is 5. The van der Waals surface area contributed by atoms with E-state index >= 15 is 0 Å². The molecule has 6 nitrogen and oxygen atoms in total. The van der Waals surface area contributed by atoms with Crippen LogP contribution >= 0.6 is 36.2 Å². The van der Waals surface area contributed by atoms with Gasteiger partial charge in [0.1, 0.15) is 0 Å². The molecule has 1 aromatic heterocycles. The van der Waals surface area contributed by atoms with Crippen LogP contribution in [0, 0.1) is 5.92 Å². The van der Waals surface area contributed by atoms with Gasteiger partial charge in [0.15, 0.2) is 14.6 Å². The molecule has 2 unspecified atom stereocenters. The number of halogens is 2. The number of sulfone groups is 1. The van der Waals surface area contributed by atoms with E-state index in [9.17, 15) is 13.2 Å². The number of piperidine rings is 2. The van der Waals surface area contributed by atoms with Crippen LogP contribution in [0.1, 0.15) is 36.6 Å². The number of carbonyl (C=O) groups excluding carboxylic acids is 1. The van der Waals surface area contributed by atoms with Gasteiger partial charge >= 0.3 is 0 Å². The number of carbonyl (C=O) groups is 1. The zero-order valence-electron chi connectivity index (χ0n) is 16.3. The predicted molar refractivity (Wildman–Crippen MR) is 120 cm³/mol. The lowest BCUT2D eigenvalue weighted by Gasteiger charge is -2.40. The third-order valence-corrected chi connectivity index (χ3v) is 8.86. The van der Waals surface area contributed by atoms with Gasteiger partial charge in [0.25, 0.3) is 0 Å². The molecule has 1 amide bonds. The van der Waals surface area contributed by atoms with Crippen molar-refractivity contribution in [1.29, 1.82) is 0 Å². The van der Waals surface area contributed by atoms with Gasteiger partial charge in [0.2, 0.25) is 5.91 Å². The smallest absolute Gasteiger partial charge is 0.241 e. The number of hydrogen-bond acceptors (Lipinski definition) is 6. The zero-order valence-corrected chi connectivity index (χ0v) is 19.6. The second-order valence-electron chi connectivity index (χ2n) is 7.57. The van der Waals surface area contributed by atoms with Gasteiger partial charge in [-0.25, -0.2) is 8.42 Å². The van der Waals surface area contributed by atoms with Crippen LogP contribution in [-0.2, 0) is 14.6 Å². The lowest BCUT2D eigenvalue weighted by Crippen LogP contribution is -2.58. The lowest BCUT2D eigenvalue weighted by atomic mass is 9.88. The number of nitrogens with one attached hydrogen (secondary N) is 2. The summed E-state index contributed by atoms with van der Waals surface area (Å²) in [5, 5.41) is 8.25. The Balaban J connectivity index is 0.00000196. The summed E-state index contributed by atoms with van der Waals surface area (Å²) >= 11 is 1.74. The average Bonchev–Trinajstić information content (AvgIpc) is 3.13. The molecule has 2 fully saturated rings. The van der Waals surface area contributed by atoms with E-state index in [0.717, 1.165) is 19.4 Å². The van der Waals surface area contributed by atoms with Crippen molar-refractivity contribution in [3.63, 3.8) is 0 Å². The maximum Gasteiger partial charge on any atom is 0.241 e. The quantitative estimate of drug-likeness (QED) is 0.688. The van der Waals surface area contributed by atoms with E-state index in [1.165, 1.54) is 11.1 Å². The van der Waals surface area contributed by atoms with E-state index < -0.39 is 14.6 Å². The third-order valence-electron chi connectivity index (χ3n) is 5.90. The fourth-order valence-corrected chi connectivity index (χ4v) is 6.70. The molecule has 162 valence electrons. The lowest BCUT2D eigenvalue weighted by molar-refractivity contribution is -0.124. The molecule has 2 saturated heterocycles. The Kier molecular flexibility index (Phi) is 9.70. The Morgan fingerprint density at radius 2 is 2.04 bits per heavy atom. The first-order valence-electron chi connectivity index (χ1n) is 9.27. The molecule has 0 aromatic carbocycles. The maximum absolute atomic E-state index is 13.0. The first-order chi connectivity index (χ1) is 12.3. The summed E-state index contributed by atoms with van der Waals surface area (Å²) in [5.41, 5.74) is 0. The van der Waals surface area contributed by atoms with Crippen LogP contribution in [0.5, 0.6) is 0 Å². The Morgan fingerprint density at radius 1 is 1.36 bits per heavy atom. The molecule has 2 aliphatic rings. The van der Waals surface area contributed by atoms with Gasteiger partial charge in [0, 0.05) is 23.7 Å². The van der Waals surface area contributed by atoms with Crippen molar-refractivity contribution in [2.75, 3.05) is 39.5 Å². The van der Waals surface area contributed by atoms with Crippen molar-refractivity contribution >= 4 is 51.9 Å². The van der Waals surface area contributed by atoms with Gasteiger partial charge in [-0.1, -0.05) is 6.07 Å². The van der Waals surface area contributed by atoms with Crippen LogP contribution < -0.4 is 10.6 Å². The third kappa shape index (κ3) is 5.21. The van der Waals surface area contributed by atoms with Crippen molar-refractivity contribution in [2.24, 2.45) is 5.92 Å². The number of likely N-dealkylation sites (tertiary alicyclic amines) is 1. The number of thiophene rings is 1. The normalized spacial score (nSPS) is 25.2. The van der Waals surface area contributed by atoms with E-state index in [-0.39, 0.29) is 36.8 Å². The van der Waals surface area contributed by atoms with Crippen LogP contribution in [0.3, 0.4) is 0 Å². The number of nitrogens with zero attached hydrogens (tertiary/aromatic N) is 1. The Bertz CT molecular complexity index is 722. The Labute approximate surface area is 184 Å². The largest absolute Gasteiger partial charge is 0.354 e. The predicted octanol–water partition coefficient (Wildman–Crippen LogP) is 2.26. The summed E-state index contributed by atoms with van der Waals surface area (Å²) in [5.74, 6) is -0.0191. The van der Waals surface area contributed by atoms with Crippen molar-refractivity contribution in [1.82, 2.24) is 15.5 Å². The van der Waals surface area contributed by atoms with Crippen LogP contribution in [0.4, 0.5) is 0 Å². The van der Waals surface area contributed by atoms with Crippen molar-refractivity contribution in [3.05, 3.63) is 22.4 Å². The molecule has 0 bridgehead atoms. The molecule has 2 N–H and O–H groups in total. The Morgan fingerprint density at radius 3 is 2.61 bits per heavy atom. The summed E-state index contributed by atoms with van der Waals surface area (Å²) in [6, 6.07) is 4.49. The molecular weight excluding hydrogens is 441 g/mol. The van der Waals surface area contributed by atoms with Gasteiger partial charge in [0.05, 0.1) is 0 Å². The highest BCUT2D eigenvalue weighted by Gasteiger charge is 2.48. The Hall–Kier alpha value is -0.380. The van der Waals surface area contributed by atoms with E-state index in [4.69, 9.17) is 0 Å². The maximum atomic E-state index is 13.0. The molecule has 10 heteroatoms. The van der Waals surface area contributed by atoms with E-state index in [1.54, 1.807) is 11.3 Å². The molecule has 0 radical (unpaired) electrons. The minimum Gasteiger partial charge on any atom is -0.354 e. The molecule has 1 aromatic rings. The van der Waals surface area contributed by atoms with Gasteiger partial charge in [-0.05, 0) is 69.7 Å². The molecule has 3 heterocycles. The van der Waals surface area contributed by atoms with E-state index in [0.29, 0.717) is 38.4 Å². The van der Waals surface area contributed by atoms with Crippen LogP contribution in [-0.4, -0.2) is 63.5 Å². The van der Waals surface area contributed by atoms with Gasteiger partial charge in [-0.15, -0.1) is 36.2 Å². The van der Waals surface area contributed by atoms with Crippen LogP contribution in [0.2, 0.25) is 0 Å². The van der Waals surface area contributed by atoms with Crippen molar-refractivity contribution in [2.45, 2.75) is 36.5 Å². The second-order valence-corrected chi connectivity index (χ2v) is 10.9. The number of hydrogen-bond donors (Lipinski definition) is 2. The molecule has 0 saturated carbocycles. The summed E-state index contributed by atoms with van der Waals surface area (Å²) in [6.07, 6.45) is 4.02. The fourth-order valence-electron chi connectivity index (χ4n) is 4.36. The summed E-state index contributed by atoms with van der Waals surface area (Å²) in [6.45, 7) is 2.69. The van der Waals surface area contributed by atoms with E-state index in [1.807, 2.05) is 0 Å². The second kappa shape index (κ2) is 10.6. The highest BCUT2D eigenvalue weighted by molar-refractivity contribution is 7.92. The van der Waals surface area contributed by atoms with Crippen LogP contribution in [0.15, 0.2) is 17.5 Å². The fraction of sp³-hybridized carbons (Fsp3) is 0.722. The van der Waals surface area contributed by atoms with Crippen molar-refractivity contribution in [3.8, 4) is 0 Å². The van der Waals surface area contributed by atoms with Gasteiger partial charge in [-0.3, -0.25) is 9.69 Å². The SMILES string of the molecule is CN1CCCC(CNC(=O)C2(S(C)(=O)=O)CCNCC2)C1c1cccs1.Cl.Cl. The highest BCUT2D eigenvalue weighted by Crippen LogP contribution is 2.37. The number of amides is 1. The topological polar surface area (TPSA) is 78.5 Å². The molecule has 3 rings (SSSR count). The minimum absolute atomic E-state index is 0. The van der Waals surface area contributed by atoms with Gasteiger partial charge in [-0.2, -0.15) is 0 Å². The summed E-state index contributed by atoms with van der Waals surface area (Å²) in [7, 11) is -1.34. The first-order valence-corrected chi connectivity index (χ1v) is 12.0. The van der Waals surface area contributed by atoms with E-state index in [2.05, 4.69) is 40.1 Å². The summed E-state index contributed by atoms with van der Waals surface area (Å²) < 4.78 is 23.5. The van der Waals surface area contributed by atoms with Crippen LogP contribution in [0.25, 0.3) is 0 Å². The zero-order chi connectivity index (χ0) is 18.8. The molecule has 0 aliphatic carbocycles. The minimum atomic E-state index is -3.47. The summed E-state index contributed by atoms with van der Waals surface area (Å²) in [4.78, 5) is 16.6. The van der Waals surface area contributed by atoms with Crippen molar-refractivity contribution < 1.29 is 13.2 Å². The molecule has 2 aliphatic heterocycles. The van der Waals surface area contributed by atoms with Gasteiger partial charge < -0.3 is 10.6 Å². The molecule has 28 heavy (non-hydrogen) atoms. The first kappa shape index (κ1) is 25.7. The molecule has 2 atom stereocenters. The molecular formula is C18H31Cl2N3O3S2. The standard InChI is InChI=1S/C18H29N3O3S2.2ClH/c1-21-11-3-5-14(16(21)15-6-4-12-25-15)13-20-17(22)18(26(2,23)24)7-9-19-10-8-18;;/h4,6,12,14,16,19H,3,5,7-11,13H2,1-2H3,(H,20,22);2*1H. The monoisotopic (exact) mass is 471 g/mol. The molecule has 0 spiro atoms. The average molecular weight is 473 g/mol.